The van der Waals surface area contributed by atoms with Gasteiger partial charge in [-0.25, -0.2) is 0 Å². The number of rotatable bonds is 2. The average Bonchev–Trinajstić information content (AvgIpc) is 3.05. The molecule has 1 amide bonds. The van der Waals surface area contributed by atoms with E-state index in [4.69, 9.17) is 5.73 Å². The molecular formula is C17H24N2O. The van der Waals surface area contributed by atoms with Crippen LogP contribution in [0.5, 0.6) is 0 Å². The van der Waals surface area contributed by atoms with Gasteiger partial charge in [-0.3, -0.25) is 4.79 Å². The fourth-order valence-electron chi connectivity index (χ4n) is 3.77. The van der Waals surface area contributed by atoms with Crippen LogP contribution in [-0.2, 0) is 10.2 Å². The molecule has 0 aromatic heterocycles. The van der Waals surface area contributed by atoms with E-state index in [2.05, 4.69) is 18.2 Å². The standard InChI is InChI=1S/C17H24N2O/c1-12(2)15(18)16(20)19-11-17(9-5-6-10-17)13-7-3-4-8-14(13)19/h3-4,7-8,12,15H,5-6,9-11,18H2,1-2H3/t15-/m0/s1. The lowest BCUT2D eigenvalue weighted by molar-refractivity contribution is -0.120. The summed E-state index contributed by atoms with van der Waals surface area (Å²) in [6, 6.07) is 7.99. The lowest BCUT2D eigenvalue weighted by Gasteiger charge is -2.27. The minimum atomic E-state index is -0.403. The van der Waals surface area contributed by atoms with Gasteiger partial charge in [0.25, 0.3) is 0 Å². The number of anilines is 1. The third-order valence-electron chi connectivity index (χ3n) is 5.06. The molecule has 0 unspecified atom stereocenters. The largest absolute Gasteiger partial charge is 0.320 e. The van der Waals surface area contributed by atoms with Crippen molar-refractivity contribution >= 4 is 11.6 Å². The maximum absolute atomic E-state index is 12.7. The predicted molar refractivity (Wildman–Crippen MR) is 81.8 cm³/mol. The molecule has 1 aromatic carbocycles. The summed E-state index contributed by atoms with van der Waals surface area (Å²) in [4.78, 5) is 14.6. The second-order valence-electron chi connectivity index (χ2n) is 6.70. The van der Waals surface area contributed by atoms with Crippen LogP contribution in [0.4, 0.5) is 5.69 Å². The van der Waals surface area contributed by atoms with Gasteiger partial charge in [-0.05, 0) is 30.4 Å². The summed E-state index contributed by atoms with van der Waals surface area (Å²) in [7, 11) is 0. The van der Waals surface area contributed by atoms with Gasteiger partial charge < -0.3 is 10.6 Å². The van der Waals surface area contributed by atoms with Gasteiger partial charge in [-0.15, -0.1) is 0 Å². The molecule has 0 saturated heterocycles. The number of nitrogens with zero attached hydrogens (tertiary/aromatic N) is 1. The first-order valence-corrected chi connectivity index (χ1v) is 7.72. The van der Waals surface area contributed by atoms with Crippen molar-refractivity contribution < 1.29 is 4.79 Å². The van der Waals surface area contributed by atoms with E-state index in [1.165, 1.54) is 31.2 Å². The molecule has 3 heteroatoms. The van der Waals surface area contributed by atoms with Gasteiger partial charge in [0.1, 0.15) is 0 Å². The lowest BCUT2D eigenvalue weighted by Crippen LogP contribution is -2.47. The molecule has 1 aliphatic carbocycles. The van der Waals surface area contributed by atoms with E-state index in [1.807, 2.05) is 24.8 Å². The van der Waals surface area contributed by atoms with Gasteiger partial charge in [-0.1, -0.05) is 44.9 Å². The van der Waals surface area contributed by atoms with Crippen molar-refractivity contribution in [3.8, 4) is 0 Å². The quantitative estimate of drug-likeness (QED) is 0.900. The molecule has 0 radical (unpaired) electrons. The summed E-state index contributed by atoms with van der Waals surface area (Å²) < 4.78 is 0. The second kappa shape index (κ2) is 4.88. The van der Waals surface area contributed by atoms with Crippen LogP contribution in [0.25, 0.3) is 0 Å². The van der Waals surface area contributed by atoms with Crippen molar-refractivity contribution in [2.24, 2.45) is 11.7 Å². The van der Waals surface area contributed by atoms with E-state index in [9.17, 15) is 4.79 Å². The van der Waals surface area contributed by atoms with E-state index in [-0.39, 0.29) is 17.2 Å². The van der Waals surface area contributed by atoms with Crippen molar-refractivity contribution in [1.29, 1.82) is 0 Å². The van der Waals surface area contributed by atoms with E-state index in [0.29, 0.717) is 0 Å². The van der Waals surface area contributed by atoms with E-state index in [0.717, 1.165) is 12.2 Å². The summed E-state index contributed by atoms with van der Waals surface area (Å²) in [6.07, 6.45) is 4.94. The summed E-state index contributed by atoms with van der Waals surface area (Å²) in [5, 5.41) is 0. The van der Waals surface area contributed by atoms with Gasteiger partial charge in [0, 0.05) is 17.6 Å². The second-order valence-corrected chi connectivity index (χ2v) is 6.70. The number of fused-ring (bicyclic) bond motifs is 2. The number of amides is 1. The highest BCUT2D eigenvalue weighted by molar-refractivity contribution is 5.99. The zero-order valence-electron chi connectivity index (χ0n) is 12.4. The number of carbonyl (C=O) groups excluding carboxylic acids is 1. The summed E-state index contributed by atoms with van der Waals surface area (Å²) in [5.41, 5.74) is 8.75. The van der Waals surface area contributed by atoms with E-state index < -0.39 is 6.04 Å². The van der Waals surface area contributed by atoms with Crippen LogP contribution in [0, 0.1) is 5.92 Å². The maximum atomic E-state index is 12.7. The highest BCUT2D eigenvalue weighted by Gasteiger charge is 2.46. The Hall–Kier alpha value is -1.35. The molecule has 1 fully saturated rings. The summed E-state index contributed by atoms with van der Waals surface area (Å²) in [6.45, 7) is 4.84. The first-order chi connectivity index (χ1) is 9.55. The van der Waals surface area contributed by atoms with Gasteiger partial charge in [0.05, 0.1) is 6.04 Å². The minimum Gasteiger partial charge on any atom is -0.320 e. The average molecular weight is 272 g/mol. The molecule has 108 valence electrons. The Morgan fingerprint density at radius 1 is 1.25 bits per heavy atom. The first-order valence-electron chi connectivity index (χ1n) is 7.72. The molecule has 2 aliphatic rings. The highest BCUT2D eigenvalue weighted by Crippen LogP contribution is 2.50. The Balaban J connectivity index is 1.97. The van der Waals surface area contributed by atoms with E-state index in [1.54, 1.807) is 0 Å². The number of nitrogens with two attached hydrogens (primary N) is 1. The Labute approximate surface area is 121 Å². The summed E-state index contributed by atoms with van der Waals surface area (Å²) in [5.74, 6) is 0.256. The smallest absolute Gasteiger partial charge is 0.244 e. The third kappa shape index (κ3) is 1.96. The van der Waals surface area contributed by atoms with Crippen LogP contribution < -0.4 is 10.6 Å². The topological polar surface area (TPSA) is 46.3 Å². The van der Waals surface area contributed by atoms with Crippen LogP contribution in [-0.4, -0.2) is 18.5 Å². The van der Waals surface area contributed by atoms with Gasteiger partial charge >= 0.3 is 0 Å². The number of carbonyl (C=O) groups is 1. The molecule has 1 aromatic rings. The van der Waals surface area contributed by atoms with E-state index >= 15 is 0 Å². The first kappa shape index (κ1) is 13.6. The molecule has 0 bridgehead atoms. The molecular weight excluding hydrogens is 248 g/mol. The zero-order chi connectivity index (χ0) is 14.3. The van der Waals surface area contributed by atoms with Crippen molar-refractivity contribution in [3.05, 3.63) is 29.8 Å². The highest BCUT2D eigenvalue weighted by atomic mass is 16.2. The van der Waals surface area contributed by atoms with Crippen molar-refractivity contribution in [1.82, 2.24) is 0 Å². The maximum Gasteiger partial charge on any atom is 0.244 e. The monoisotopic (exact) mass is 272 g/mol. The van der Waals surface area contributed by atoms with Crippen LogP contribution in [0.2, 0.25) is 0 Å². The van der Waals surface area contributed by atoms with Crippen LogP contribution in [0.1, 0.15) is 45.1 Å². The Morgan fingerprint density at radius 3 is 2.55 bits per heavy atom. The third-order valence-corrected chi connectivity index (χ3v) is 5.06. The molecule has 3 rings (SSSR count). The summed E-state index contributed by atoms with van der Waals surface area (Å²) >= 11 is 0. The fourth-order valence-corrected chi connectivity index (χ4v) is 3.77. The number of para-hydroxylation sites is 1. The van der Waals surface area contributed by atoms with Gasteiger partial charge in [0.2, 0.25) is 5.91 Å². The Morgan fingerprint density at radius 2 is 1.90 bits per heavy atom. The normalized spacial score (nSPS) is 21.5. The Bertz CT molecular complexity index is 517. The Kier molecular flexibility index (Phi) is 3.33. The molecule has 1 heterocycles. The van der Waals surface area contributed by atoms with Crippen molar-refractivity contribution in [2.75, 3.05) is 11.4 Å². The van der Waals surface area contributed by atoms with Crippen LogP contribution >= 0.6 is 0 Å². The number of hydrogen-bond acceptors (Lipinski definition) is 2. The minimum absolute atomic E-state index is 0.0798. The fraction of sp³-hybridized carbons (Fsp3) is 0.588. The molecule has 2 N–H and O–H groups in total. The van der Waals surface area contributed by atoms with Crippen LogP contribution in [0.15, 0.2) is 24.3 Å². The van der Waals surface area contributed by atoms with Crippen molar-refractivity contribution in [2.45, 2.75) is 51.0 Å². The van der Waals surface area contributed by atoms with Gasteiger partial charge in [0.15, 0.2) is 0 Å². The number of hydrogen-bond donors (Lipinski definition) is 1. The SMILES string of the molecule is CC(C)[C@H](N)C(=O)N1CC2(CCCC2)c2ccccc21. The molecule has 1 atom stereocenters. The molecule has 1 spiro atoms. The molecule has 20 heavy (non-hydrogen) atoms. The zero-order valence-corrected chi connectivity index (χ0v) is 12.4. The number of benzene rings is 1. The van der Waals surface area contributed by atoms with Crippen molar-refractivity contribution in [3.63, 3.8) is 0 Å². The van der Waals surface area contributed by atoms with Crippen LogP contribution in [0.3, 0.4) is 0 Å². The lowest BCUT2D eigenvalue weighted by atomic mass is 9.81. The molecule has 1 saturated carbocycles. The predicted octanol–water partition coefficient (Wildman–Crippen LogP) is 2.83. The molecule has 3 nitrogen and oxygen atoms in total. The van der Waals surface area contributed by atoms with Gasteiger partial charge in [-0.2, -0.15) is 0 Å². The molecule has 1 aliphatic heterocycles.